The van der Waals surface area contributed by atoms with Gasteiger partial charge in [-0.1, -0.05) is 0 Å². The van der Waals surface area contributed by atoms with Gasteiger partial charge in [-0.15, -0.1) is 0 Å². The predicted octanol–water partition coefficient (Wildman–Crippen LogP) is -1.19. The topological polar surface area (TPSA) is 173 Å². The second-order valence-corrected chi connectivity index (χ2v) is 7.93. The number of ether oxygens (including phenoxy) is 2. The van der Waals surface area contributed by atoms with E-state index in [0.29, 0.717) is 19.5 Å². The maximum Gasteiger partial charge on any atom is 0.488 e. The number of nitrogens with two attached hydrogens (primary N) is 2. The van der Waals surface area contributed by atoms with E-state index >= 15 is 0 Å². The van der Waals surface area contributed by atoms with Crippen molar-refractivity contribution in [2.45, 2.75) is 37.4 Å². The van der Waals surface area contributed by atoms with Crippen molar-refractivity contribution in [3.63, 3.8) is 0 Å². The van der Waals surface area contributed by atoms with Gasteiger partial charge in [-0.3, -0.25) is 4.57 Å². The van der Waals surface area contributed by atoms with Crippen LogP contribution in [-0.4, -0.2) is 66.1 Å². The molecule has 2 fully saturated rings. The summed E-state index contributed by atoms with van der Waals surface area (Å²) in [6.07, 6.45) is -1.72. The number of carbonyl (C=O) groups is 1. The second-order valence-electron chi connectivity index (χ2n) is 6.33. The molecule has 0 aliphatic carbocycles. The molecule has 5 atom stereocenters. The maximum absolute atomic E-state index is 12.2. The molecule has 6 N–H and O–H groups in total. The van der Waals surface area contributed by atoms with Crippen LogP contribution in [0.25, 0.3) is 0 Å². The van der Waals surface area contributed by atoms with E-state index in [2.05, 4.69) is 10.3 Å². The third-order valence-corrected chi connectivity index (χ3v) is 5.32. The molecule has 2 radical (unpaired) electrons. The Bertz CT molecular complexity index is 766. The lowest BCUT2D eigenvalue weighted by Crippen LogP contribution is -2.45. The molecule has 12 nitrogen and oxygen atoms in total. The van der Waals surface area contributed by atoms with Gasteiger partial charge in [0.15, 0.2) is 18.4 Å². The molecule has 1 aromatic rings. The third-order valence-electron chi connectivity index (χ3n) is 4.25. The van der Waals surface area contributed by atoms with Crippen molar-refractivity contribution >= 4 is 27.3 Å². The summed E-state index contributed by atoms with van der Waals surface area (Å²) in [5.74, 6) is 0.0358. The van der Waals surface area contributed by atoms with Crippen LogP contribution in [0.4, 0.5) is 10.6 Å². The van der Waals surface area contributed by atoms with Crippen LogP contribution in [0.5, 0.6) is 0 Å². The fraction of sp³-hybridized carbons (Fsp3) is 0.643. The van der Waals surface area contributed by atoms with Gasteiger partial charge >= 0.3 is 27.2 Å². The fourth-order valence-electron chi connectivity index (χ4n) is 2.95. The molecule has 1 aromatic heterocycles. The Morgan fingerprint density at radius 2 is 2.32 bits per heavy atom. The maximum atomic E-state index is 12.2. The Kier molecular flexibility index (Phi) is 6.53. The highest BCUT2D eigenvalue weighted by atomic mass is 31.2. The summed E-state index contributed by atoms with van der Waals surface area (Å²) in [6.45, 7) is 0.791. The number of nitrogen functional groups attached to an aromatic ring is 1. The van der Waals surface area contributed by atoms with Crippen LogP contribution in [-0.2, 0) is 18.5 Å². The number of aromatic nitrogens is 2. The summed E-state index contributed by atoms with van der Waals surface area (Å²) in [5, 5.41) is 2.59. The summed E-state index contributed by atoms with van der Waals surface area (Å²) in [6, 6.07) is 1.40. The molecule has 0 bridgehead atoms. The van der Waals surface area contributed by atoms with Crippen molar-refractivity contribution < 1.29 is 28.2 Å². The highest BCUT2D eigenvalue weighted by Crippen LogP contribution is 2.58. The van der Waals surface area contributed by atoms with Crippen molar-refractivity contribution in [3.8, 4) is 0 Å². The Labute approximate surface area is 162 Å². The highest BCUT2D eigenvalue weighted by Gasteiger charge is 2.59. The average Bonchev–Trinajstić information content (AvgIpc) is 2.95. The average molecular weight is 414 g/mol. The van der Waals surface area contributed by atoms with Crippen molar-refractivity contribution in [3.05, 3.63) is 22.7 Å². The first-order valence-electron chi connectivity index (χ1n) is 8.69. The monoisotopic (exact) mass is 414 g/mol. The molecule has 14 heteroatoms. The van der Waals surface area contributed by atoms with E-state index in [0.717, 1.165) is 11.0 Å². The van der Waals surface area contributed by atoms with Gasteiger partial charge in [-0.25, -0.2) is 14.5 Å². The first-order valence-corrected chi connectivity index (χ1v) is 10.3. The number of nitrogens with one attached hydrogen (secondary N) is 1. The third kappa shape index (κ3) is 4.80. The molecular formula is C14H22BN5O7P+. The van der Waals surface area contributed by atoms with Crippen LogP contribution in [0, 0.1) is 0 Å². The lowest BCUT2D eigenvalue weighted by atomic mass is 10.1. The van der Waals surface area contributed by atoms with Gasteiger partial charge < -0.3 is 26.3 Å². The van der Waals surface area contributed by atoms with Crippen LogP contribution in [0.15, 0.2) is 17.1 Å². The van der Waals surface area contributed by atoms with E-state index in [1.165, 1.54) is 12.3 Å². The van der Waals surface area contributed by atoms with Gasteiger partial charge in [-0.05, 0) is 25.5 Å². The first kappa shape index (κ1) is 21.0. The number of unbranched alkanes of at least 4 members (excludes halogenated alkanes) is 1. The standard InChI is InChI=1S/C14H22BN5O7P/c15-28(23)24-7-8-10(27-28)11(26-14(22)18-5-2-1-4-16)12(25-8)20-6-3-9(17)19-13(20)21/h3,6,8,10-12,23H,1-2,4-5,7,16H2,(H,18,22)(H2,17,19,21)/q+1/t8-,10-,11?,12-,28?/m1/s1. The smallest absolute Gasteiger partial charge is 0.438 e. The normalized spacial score (nSPS) is 31.9. The molecule has 0 saturated carbocycles. The molecule has 152 valence electrons. The molecule has 3 rings (SSSR count). The van der Waals surface area contributed by atoms with E-state index in [4.69, 9.17) is 37.6 Å². The zero-order chi connectivity index (χ0) is 20.3. The number of hydrogen-bond acceptors (Lipinski definition) is 10. The number of amides is 1. The van der Waals surface area contributed by atoms with Crippen LogP contribution >= 0.6 is 7.82 Å². The van der Waals surface area contributed by atoms with E-state index in [1.54, 1.807) is 0 Å². The first-order chi connectivity index (χ1) is 13.3. The molecule has 2 unspecified atom stereocenters. The molecule has 28 heavy (non-hydrogen) atoms. The molecular weight excluding hydrogens is 392 g/mol. The van der Waals surface area contributed by atoms with Crippen molar-refractivity contribution in [1.29, 1.82) is 0 Å². The van der Waals surface area contributed by atoms with Crippen molar-refractivity contribution in [2.24, 2.45) is 5.73 Å². The van der Waals surface area contributed by atoms with Crippen molar-refractivity contribution in [1.82, 2.24) is 14.9 Å². The minimum Gasteiger partial charge on any atom is -0.438 e. The number of fused-ring (bicyclic) bond motifs is 1. The highest BCUT2D eigenvalue weighted by molar-refractivity contribution is 7.85. The molecule has 0 aromatic carbocycles. The van der Waals surface area contributed by atoms with Gasteiger partial charge in [0.25, 0.3) is 0 Å². The zero-order valence-electron chi connectivity index (χ0n) is 15.0. The fourth-order valence-corrected chi connectivity index (χ4v) is 3.97. The number of anilines is 1. The quantitative estimate of drug-likeness (QED) is 0.252. The van der Waals surface area contributed by atoms with Gasteiger partial charge in [0.05, 0.1) is 0 Å². The zero-order valence-corrected chi connectivity index (χ0v) is 15.9. The van der Waals surface area contributed by atoms with Gasteiger partial charge in [0.2, 0.25) is 0 Å². The van der Waals surface area contributed by atoms with Crippen LogP contribution in [0.2, 0.25) is 0 Å². The molecule has 2 aliphatic heterocycles. The summed E-state index contributed by atoms with van der Waals surface area (Å²) < 4.78 is 22.8. The largest absolute Gasteiger partial charge is 0.488 e. The summed E-state index contributed by atoms with van der Waals surface area (Å²) >= 11 is 0. The summed E-state index contributed by atoms with van der Waals surface area (Å²) in [4.78, 5) is 38.0. The molecule has 2 saturated heterocycles. The van der Waals surface area contributed by atoms with Crippen molar-refractivity contribution in [2.75, 3.05) is 25.4 Å². The number of nitrogens with zero attached hydrogens (tertiary/aromatic N) is 2. The molecule has 3 heterocycles. The van der Waals surface area contributed by atoms with E-state index in [1.807, 2.05) is 0 Å². The summed E-state index contributed by atoms with van der Waals surface area (Å²) in [5.41, 5.74) is 10.2. The lowest BCUT2D eigenvalue weighted by molar-refractivity contribution is -0.0633. The van der Waals surface area contributed by atoms with E-state index < -0.39 is 44.1 Å². The van der Waals surface area contributed by atoms with Crippen LogP contribution in [0.1, 0.15) is 19.1 Å². The molecule has 1 amide bonds. The lowest BCUT2D eigenvalue weighted by Gasteiger charge is -2.29. The molecule has 2 aliphatic rings. The Morgan fingerprint density at radius 3 is 3.04 bits per heavy atom. The minimum absolute atomic E-state index is 0.0358. The minimum atomic E-state index is -3.58. The predicted molar refractivity (Wildman–Crippen MR) is 99.1 cm³/mol. The second kappa shape index (κ2) is 8.72. The van der Waals surface area contributed by atoms with Crippen LogP contribution < -0.4 is 22.5 Å². The van der Waals surface area contributed by atoms with Crippen LogP contribution in [0.3, 0.4) is 0 Å². The number of hydrogen-bond donors (Lipinski definition) is 4. The Balaban J connectivity index is 1.79. The van der Waals surface area contributed by atoms with Gasteiger partial charge in [0, 0.05) is 12.7 Å². The van der Waals surface area contributed by atoms with Gasteiger partial charge in [0.1, 0.15) is 18.5 Å². The SMILES string of the molecule is [B][P+]1(O)OC[C@H]2O[C@@H](n3ccc(N)nc3=O)C(OC(=O)NCCCCN)[C@@H]2O1. The number of carbonyl (C=O) groups excluding carboxylic acids is 1. The van der Waals surface area contributed by atoms with E-state index in [-0.39, 0.29) is 12.4 Å². The Morgan fingerprint density at radius 1 is 1.54 bits per heavy atom. The Hall–Kier alpha value is -1.76. The summed E-state index contributed by atoms with van der Waals surface area (Å²) in [7, 11) is 1.99. The number of alkyl carbamates (subject to hydrolysis) is 1. The number of rotatable bonds is 6. The van der Waals surface area contributed by atoms with E-state index in [9.17, 15) is 14.5 Å². The van der Waals surface area contributed by atoms with Gasteiger partial charge in [-0.2, -0.15) is 14.0 Å². The molecule has 0 spiro atoms.